The summed E-state index contributed by atoms with van der Waals surface area (Å²) in [5.41, 5.74) is 2.36. The summed E-state index contributed by atoms with van der Waals surface area (Å²) in [7, 11) is -2.97. The molecule has 0 amide bonds. The Morgan fingerprint density at radius 1 is 1.33 bits per heavy atom. The number of esters is 1. The zero-order valence-corrected chi connectivity index (χ0v) is 19.9. The third kappa shape index (κ3) is 5.41. The van der Waals surface area contributed by atoms with Gasteiger partial charge in [0, 0.05) is 12.6 Å². The van der Waals surface area contributed by atoms with Crippen molar-refractivity contribution < 1.29 is 35.9 Å². The maximum atomic E-state index is 14.8. The molecule has 2 N–H and O–H groups in total. The number of rotatable bonds is 7. The predicted octanol–water partition coefficient (Wildman–Crippen LogP) is 1.58. The molecule has 1 aromatic heterocycles. The lowest BCUT2D eigenvalue weighted by molar-refractivity contribution is -0.145. The van der Waals surface area contributed by atoms with Gasteiger partial charge in [-0.1, -0.05) is 5.92 Å². The van der Waals surface area contributed by atoms with Crippen LogP contribution in [0.3, 0.4) is 0 Å². The molecule has 0 fully saturated rings. The van der Waals surface area contributed by atoms with Crippen molar-refractivity contribution in [3.63, 3.8) is 0 Å². The number of aliphatic imine (C=N–C) groups is 1. The molecule has 0 saturated heterocycles. The second kappa shape index (κ2) is 10.2. The molecule has 1 aliphatic heterocycles. The maximum Gasteiger partial charge on any atom is 0.344 e. The number of halogens is 3. The Balaban J connectivity index is 1.95. The molecule has 0 aliphatic carbocycles. The summed E-state index contributed by atoms with van der Waals surface area (Å²) < 4.78 is 79.4. The van der Waals surface area contributed by atoms with Gasteiger partial charge in [0.05, 0.1) is 19.0 Å². The molecule has 0 radical (unpaired) electrons. The van der Waals surface area contributed by atoms with E-state index in [-0.39, 0.29) is 23.7 Å². The highest BCUT2D eigenvalue weighted by molar-refractivity contribution is 7.89. The van der Waals surface area contributed by atoms with E-state index >= 15 is 0 Å². The molecule has 0 unspecified atom stereocenters. The van der Waals surface area contributed by atoms with Crippen LogP contribution in [-0.4, -0.2) is 60.6 Å². The lowest BCUT2D eigenvalue weighted by atomic mass is 9.91. The van der Waals surface area contributed by atoms with Gasteiger partial charge < -0.3 is 15.2 Å². The van der Waals surface area contributed by atoms with E-state index in [1.165, 1.54) is 0 Å². The van der Waals surface area contributed by atoms with E-state index in [2.05, 4.69) is 20.9 Å². The smallest absolute Gasteiger partial charge is 0.344 e. The zero-order chi connectivity index (χ0) is 26.7. The van der Waals surface area contributed by atoms with Crippen molar-refractivity contribution in [2.45, 2.75) is 12.5 Å². The molecule has 2 heterocycles. The highest BCUT2D eigenvalue weighted by Crippen LogP contribution is 2.35. The molecular weight excluding hydrogens is 503 g/mol. The van der Waals surface area contributed by atoms with Gasteiger partial charge >= 0.3 is 5.97 Å². The van der Waals surface area contributed by atoms with Gasteiger partial charge in [-0.25, -0.2) is 45.6 Å². The number of nitrogens with two attached hydrogens (primary N) is 1. The number of aromatic nitrogens is 2. The molecule has 10 nitrogen and oxygen atoms in total. The van der Waals surface area contributed by atoms with Crippen LogP contribution in [0.2, 0.25) is 0 Å². The van der Waals surface area contributed by atoms with Gasteiger partial charge in [0.25, 0.3) is 0 Å². The third-order valence-corrected chi connectivity index (χ3v) is 6.79. The number of nitrogens with zero attached hydrogens (tertiary/aromatic N) is 4. The van der Waals surface area contributed by atoms with E-state index in [1.807, 2.05) is 0 Å². The average molecular weight is 523 g/mol. The van der Waals surface area contributed by atoms with Crippen LogP contribution in [0.4, 0.5) is 13.2 Å². The van der Waals surface area contributed by atoms with Crippen LogP contribution >= 0.6 is 0 Å². The Kier molecular flexibility index (Phi) is 7.54. The maximum absolute atomic E-state index is 14.8. The van der Waals surface area contributed by atoms with Crippen LogP contribution in [0, 0.1) is 24.0 Å². The topological polar surface area (TPSA) is 137 Å². The van der Waals surface area contributed by atoms with E-state index < -0.39 is 62.9 Å². The number of guanidine groups is 1. The largest absolute Gasteiger partial charge is 0.465 e. The summed E-state index contributed by atoms with van der Waals surface area (Å²) in [6.45, 7) is 1.37. The van der Waals surface area contributed by atoms with Crippen LogP contribution in [0.15, 0.2) is 29.5 Å². The highest BCUT2D eigenvalue weighted by atomic mass is 32.2. The quantitative estimate of drug-likeness (QED) is 0.427. The molecule has 1 aromatic carbocycles. The summed E-state index contributed by atoms with van der Waals surface area (Å²) >= 11 is 0. The van der Waals surface area contributed by atoms with Crippen molar-refractivity contribution in [3.05, 3.63) is 53.0 Å². The van der Waals surface area contributed by atoms with Gasteiger partial charge in [0.1, 0.15) is 11.4 Å². The number of sulfonamides is 1. The number of carbonyl (C=O) groups is 1. The Morgan fingerprint density at radius 3 is 2.64 bits per heavy atom. The zero-order valence-electron chi connectivity index (χ0n) is 19.0. The molecule has 14 heteroatoms. The summed E-state index contributed by atoms with van der Waals surface area (Å²) in [6.07, 6.45) is 8.36. The van der Waals surface area contributed by atoms with Crippen LogP contribution in [0.1, 0.15) is 23.7 Å². The Bertz CT molecular complexity index is 1390. The molecule has 0 saturated carbocycles. The van der Waals surface area contributed by atoms with Crippen molar-refractivity contribution in [2.75, 3.05) is 26.0 Å². The lowest BCUT2D eigenvalue weighted by Gasteiger charge is -2.33. The number of benzene rings is 1. The number of hydrogen-bond acceptors (Lipinski definition) is 9. The fourth-order valence-corrected chi connectivity index (χ4v) is 4.51. The summed E-state index contributed by atoms with van der Waals surface area (Å²) in [5, 5.41) is 0. The van der Waals surface area contributed by atoms with Crippen LogP contribution in [-0.2, 0) is 25.1 Å². The molecule has 36 heavy (non-hydrogen) atoms. The second-order valence-corrected chi connectivity index (χ2v) is 9.39. The standard InChI is InChI=1S/C22H20F3N5O5S/c1-4-22(12-36(32,33)30(3)21(26)29-22)14-6-13(8-16(24)20(14)25)7-15(23)17-9-28-18(10-27-17)35-11-19(31)34-5-2/h1,6-10H,5,11-12H2,2-3H3,(H2,26,29)/b15-7-/t22-/m0/s1. The van der Waals surface area contributed by atoms with Crippen molar-refractivity contribution in [2.24, 2.45) is 10.7 Å². The minimum absolute atomic E-state index is 0.0791. The molecule has 2 aromatic rings. The fourth-order valence-electron chi connectivity index (χ4n) is 3.16. The predicted molar refractivity (Wildman–Crippen MR) is 123 cm³/mol. The van der Waals surface area contributed by atoms with Gasteiger partial charge in [-0.05, 0) is 30.7 Å². The van der Waals surface area contributed by atoms with Crippen LogP contribution in [0.5, 0.6) is 5.88 Å². The van der Waals surface area contributed by atoms with Crippen molar-refractivity contribution in [3.8, 4) is 18.2 Å². The minimum atomic E-state index is -4.11. The van der Waals surface area contributed by atoms with Crippen LogP contribution < -0.4 is 10.5 Å². The summed E-state index contributed by atoms with van der Waals surface area (Å²) in [4.78, 5) is 22.9. The van der Waals surface area contributed by atoms with Gasteiger partial charge in [0.2, 0.25) is 21.9 Å². The Labute approximate surface area is 204 Å². The number of carbonyl (C=O) groups excluding carboxylic acids is 1. The van der Waals surface area contributed by atoms with E-state index in [1.54, 1.807) is 6.92 Å². The number of ether oxygens (including phenoxy) is 2. The van der Waals surface area contributed by atoms with Gasteiger partial charge in [-0.3, -0.25) is 0 Å². The highest BCUT2D eigenvalue weighted by Gasteiger charge is 2.44. The monoisotopic (exact) mass is 523 g/mol. The van der Waals surface area contributed by atoms with Gasteiger partial charge in [0.15, 0.2) is 29.6 Å². The first-order valence-electron chi connectivity index (χ1n) is 10.2. The number of terminal acetylenes is 1. The second-order valence-electron chi connectivity index (χ2n) is 7.39. The summed E-state index contributed by atoms with van der Waals surface area (Å²) in [6, 6.07) is 1.66. The van der Waals surface area contributed by atoms with Crippen molar-refractivity contribution in [1.29, 1.82) is 0 Å². The lowest BCUT2D eigenvalue weighted by Crippen LogP contribution is -2.51. The van der Waals surface area contributed by atoms with Gasteiger partial charge in [-0.15, -0.1) is 6.42 Å². The van der Waals surface area contributed by atoms with E-state index in [0.29, 0.717) is 10.4 Å². The Hall–Kier alpha value is -4.12. The van der Waals surface area contributed by atoms with Crippen molar-refractivity contribution in [1.82, 2.24) is 14.3 Å². The third-order valence-electron chi connectivity index (χ3n) is 4.98. The minimum Gasteiger partial charge on any atom is -0.465 e. The number of hydrogen-bond donors (Lipinski definition) is 1. The molecule has 0 bridgehead atoms. The summed E-state index contributed by atoms with van der Waals surface area (Å²) in [5.74, 6) is -3.89. The van der Waals surface area contributed by atoms with Gasteiger partial charge in [-0.2, -0.15) is 0 Å². The Morgan fingerprint density at radius 2 is 2.06 bits per heavy atom. The molecule has 1 aliphatic rings. The van der Waals surface area contributed by atoms with E-state index in [4.69, 9.17) is 21.6 Å². The molecule has 190 valence electrons. The molecule has 1 atom stereocenters. The SMILES string of the molecule is C#C[C@@]1(c2cc(/C=C(\F)c3cnc(OCC(=O)OCC)cn3)cc(F)c2F)CS(=O)(=O)N(C)C(N)=N1. The fraction of sp³-hybridized carbons (Fsp3) is 0.273. The van der Waals surface area contributed by atoms with Crippen molar-refractivity contribution >= 4 is 33.9 Å². The molecule has 0 spiro atoms. The molecular formula is C22H20F3N5O5S. The molecule has 3 rings (SSSR count). The van der Waals surface area contributed by atoms with Crippen LogP contribution in [0.25, 0.3) is 11.9 Å². The first kappa shape index (κ1) is 26.5. The average Bonchev–Trinajstić information content (AvgIpc) is 2.83. The first-order chi connectivity index (χ1) is 16.9. The van der Waals surface area contributed by atoms with E-state index in [0.717, 1.165) is 31.6 Å². The normalized spacial score (nSPS) is 19.3. The van der Waals surface area contributed by atoms with E-state index in [9.17, 15) is 26.4 Å². The first-order valence-corrected chi connectivity index (χ1v) is 11.8.